The van der Waals surface area contributed by atoms with Crippen LogP contribution >= 0.6 is 0 Å². The topological polar surface area (TPSA) is 114 Å². The Morgan fingerprint density at radius 1 is 0.975 bits per heavy atom. The minimum Gasteiger partial charge on any atom is -0.423 e. The van der Waals surface area contributed by atoms with Crippen molar-refractivity contribution in [2.45, 2.75) is 37.8 Å². The van der Waals surface area contributed by atoms with Gasteiger partial charge in [-0.15, -0.1) is 0 Å². The second-order valence-corrected chi connectivity index (χ2v) is 10.9. The maximum absolute atomic E-state index is 15.3. The number of piperazine rings is 1. The normalized spacial score (nSPS) is 20.9. The molecule has 0 spiro atoms. The van der Waals surface area contributed by atoms with E-state index in [1.54, 1.807) is 6.07 Å². The van der Waals surface area contributed by atoms with E-state index in [0.29, 0.717) is 45.3 Å². The van der Waals surface area contributed by atoms with Gasteiger partial charge in [0.05, 0.1) is 17.1 Å². The van der Waals surface area contributed by atoms with Crippen LogP contribution in [0.25, 0.3) is 33.4 Å². The van der Waals surface area contributed by atoms with E-state index in [1.807, 2.05) is 35.0 Å². The summed E-state index contributed by atoms with van der Waals surface area (Å²) in [7, 11) is 2.19. The van der Waals surface area contributed by atoms with Gasteiger partial charge in [-0.25, -0.2) is 19.0 Å². The fraction of sp³-hybridized carbons (Fsp3) is 0.379. The number of rotatable bonds is 5. The third kappa shape index (κ3) is 4.54. The summed E-state index contributed by atoms with van der Waals surface area (Å²) in [5.74, 6) is -0.114. The average Bonchev–Trinajstić information content (AvgIpc) is 3.57. The molecule has 4 heterocycles. The molecule has 0 radical (unpaired) electrons. The first-order valence-electron chi connectivity index (χ1n) is 13.9. The van der Waals surface area contributed by atoms with Crippen molar-refractivity contribution in [2.75, 3.05) is 44.3 Å². The van der Waals surface area contributed by atoms with Gasteiger partial charge in [0.2, 0.25) is 0 Å². The first kappa shape index (κ1) is 24.9. The number of nitrogens with one attached hydrogen (secondary N) is 1. The molecule has 206 valence electrons. The minimum atomic E-state index is -0.453. The summed E-state index contributed by atoms with van der Waals surface area (Å²) >= 11 is 0. The predicted molar refractivity (Wildman–Crippen MR) is 153 cm³/mol. The molecule has 0 unspecified atom stereocenters. The number of benzene rings is 2. The fourth-order valence-corrected chi connectivity index (χ4v) is 6.11. The highest BCUT2D eigenvalue weighted by Crippen LogP contribution is 2.38. The lowest BCUT2D eigenvalue weighted by Gasteiger charge is -2.41. The molecule has 1 aliphatic heterocycles. The molecule has 2 fully saturated rings. The van der Waals surface area contributed by atoms with Gasteiger partial charge in [-0.1, -0.05) is 18.2 Å². The summed E-state index contributed by atoms with van der Waals surface area (Å²) in [5.41, 5.74) is 9.81. The van der Waals surface area contributed by atoms with Crippen molar-refractivity contribution in [2.24, 2.45) is 0 Å². The van der Waals surface area contributed by atoms with Crippen molar-refractivity contribution in [1.29, 1.82) is 0 Å². The van der Waals surface area contributed by atoms with Crippen molar-refractivity contribution in [3.63, 3.8) is 0 Å². The molecule has 0 atom stereocenters. The van der Waals surface area contributed by atoms with Crippen molar-refractivity contribution < 1.29 is 8.81 Å². The Bertz CT molecular complexity index is 1630. The smallest absolute Gasteiger partial charge is 0.300 e. The van der Waals surface area contributed by atoms with Crippen LogP contribution < -0.4 is 11.1 Å². The number of anilines is 3. The Labute approximate surface area is 231 Å². The molecule has 3 N–H and O–H groups in total. The SMILES string of the molecule is CN1CCN([C@H]2CC[C@@H](n3nc(-c4ccc(Nc5nc6ccccc6o5)c(F)c4)c4c(N)ncnc43)CC2)CC1. The van der Waals surface area contributed by atoms with Gasteiger partial charge in [0.1, 0.15) is 29.2 Å². The van der Waals surface area contributed by atoms with Gasteiger partial charge in [0.15, 0.2) is 11.2 Å². The highest BCUT2D eigenvalue weighted by molar-refractivity contribution is 5.98. The second-order valence-electron chi connectivity index (χ2n) is 10.9. The molecule has 2 aromatic carbocycles. The van der Waals surface area contributed by atoms with Crippen LogP contribution in [0.4, 0.5) is 21.9 Å². The van der Waals surface area contributed by atoms with Gasteiger partial charge in [-0.05, 0) is 57.0 Å². The van der Waals surface area contributed by atoms with Gasteiger partial charge < -0.3 is 20.4 Å². The molecule has 11 heteroatoms. The summed E-state index contributed by atoms with van der Waals surface area (Å²) in [6.45, 7) is 4.52. The van der Waals surface area contributed by atoms with Crippen LogP contribution in [0, 0.1) is 5.82 Å². The molecule has 40 heavy (non-hydrogen) atoms. The average molecular weight is 542 g/mol. The molecule has 5 aromatic rings. The van der Waals surface area contributed by atoms with Crippen LogP contribution in [0.2, 0.25) is 0 Å². The van der Waals surface area contributed by atoms with E-state index < -0.39 is 5.82 Å². The number of likely N-dealkylation sites (N-methyl/N-ethyl adjacent to an activating group) is 1. The molecule has 2 aliphatic rings. The fourth-order valence-electron chi connectivity index (χ4n) is 6.11. The molecule has 1 saturated carbocycles. The number of hydrogen-bond donors (Lipinski definition) is 2. The first-order valence-corrected chi connectivity index (χ1v) is 13.9. The largest absolute Gasteiger partial charge is 0.423 e. The Kier molecular flexibility index (Phi) is 6.32. The zero-order valence-corrected chi connectivity index (χ0v) is 22.4. The summed E-state index contributed by atoms with van der Waals surface area (Å²) < 4.78 is 23.0. The third-order valence-corrected chi connectivity index (χ3v) is 8.36. The Morgan fingerprint density at radius 2 is 1.75 bits per heavy atom. The number of fused-ring (bicyclic) bond motifs is 2. The number of halogens is 1. The summed E-state index contributed by atoms with van der Waals surface area (Å²) in [5, 5.41) is 8.57. The van der Waals surface area contributed by atoms with Crippen LogP contribution in [0.3, 0.4) is 0 Å². The van der Waals surface area contributed by atoms with Crippen molar-refractivity contribution in [1.82, 2.24) is 34.5 Å². The lowest BCUT2D eigenvalue weighted by Crippen LogP contribution is -2.49. The van der Waals surface area contributed by atoms with Crippen molar-refractivity contribution in [3.8, 4) is 11.3 Å². The van der Waals surface area contributed by atoms with Gasteiger partial charge in [-0.3, -0.25) is 4.90 Å². The van der Waals surface area contributed by atoms with E-state index in [0.717, 1.165) is 51.9 Å². The Morgan fingerprint density at radius 3 is 2.52 bits per heavy atom. The maximum Gasteiger partial charge on any atom is 0.300 e. The number of oxazole rings is 1. The zero-order valence-electron chi connectivity index (χ0n) is 22.4. The molecular formula is C29H32FN9O. The lowest BCUT2D eigenvalue weighted by atomic mass is 9.90. The maximum atomic E-state index is 15.3. The number of nitrogens with two attached hydrogens (primary N) is 1. The molecule has 10 nitrogen and oxygen atoms in total. The van der Waals surface area contributed by atoms with Gasteiger partial charge in [0, 0.05) is 37.8 Å². The van der Waals surface area contributed by atoms with E-state index in [9.17, 15) is 0 Å². The van der Waals surface area contributed by atoms with Crippen LogP contribution in [0.15, 0.2) is 53.2 Å². The van der Waals surface area contributed by atoms with Gasteiger partial charge in [-0.2, -0.15) is 10.1 Å². The summed E-state index contributed by atoms with van der Waals surface area (Å²) in [4.78, 5) is 18.2. The van der Waals surface area contributed by atoms with Crippen molar-refractivity contribution in [3.05, 3.63) is 54.6 Å². The summed E-state index contributed by atoms with van der Waals surface area (Å²) in [6, 6.07) is 13.4. The van der Waals surface area contributed by atoms with E-state index in [4.69, 9.17) is 15.2 Å². The van der Waals surface area contributed by atoms with Crippen LogP contribution in [-0.4, -0.2) is 73.8 Å². The minimum absolute atomic E-state index is 0.208. The molecular weight excluding hydrogens is 509 g/mol. The molecule has 1 saturated heterocycles. The van der Waals surface area contributed by atoms with E-state index >= 15 is 4.39 Å². The van der Waals surface area contributed by atoms with E-state index in [1.165, 1.54) is 12.4 Å². The Hall–Kier alpha value is -4.09. The number of hydrogen-bond acceptors (Lipinski definition) is 9. The number of nitrogen functional groups attached to an aromatic ring is 1. The van der Waals surface area contributed by atoms with Crippen molar-refractivity contribution >= 4 is 39.7 Å². The third-order valence-electron chi connectivity index (χ3n) is 8.36. The highest BCUT2D eigenvalue weighted by atomic mass is 19.1. The van der Waals surface area contributed by atoms with Gasteiger partial charge in [0.25, 0.3) is 6.01 Å². The number of nitrogens with zero attached hydrogens (tertiary/aromatic N) is 7. The molecule has 7 rings (SSSR count). The Balaban J connectivity index is 1.15. The molecule has 3 aromatic heterocycles. The van der Waals surface area contributed by atoms with Crippen LogP contribution in [0.5, 0.6) is 0 Å². The monoisotopic (exact) mass is 541 g/mol. The van der Waals surface area contributed by atoms with Gasteiger partial charge >= 0.3 is 0 Å². The zero-order chi connectivity index (χ0) is 27.2. The van der Waals surface area contributed by atoms with Crippen LogP contribution in [-0.2, 0) is 0 Å². The van der Waals surface area contributed by atoms with E-state index in [-0.39, 0.29) is 17.7 Å². The molecule has 0 amide bonds. The standard InChI is InChI=1S/C29H32FN9O/c1-37-12-14-38(15-13-37)19-7-9-20(10-8-19)39-28-25(27(31)32-17-33-28)26(36-39)18-6-11-22(21(30)16-18)34-29-35-23-4-2-3-5-24(23)40-29/h2-6,11,16-17,19-20H,7-10,12-15H2,1H3,(H,34,35)(H2,31,32,33)/t19-,20+. The number of para-hydroxylation sites is 2. The van der Waals surface area contributed by atoms with E-state index in [2.05, 4.69) is 37.1 Å². The quantitative estimate of drug-likeness (QED) is 0.323. The first-order chi connectivity index (χ1) is 19.5. The second kappa shape index (κ2) is 10.1. The predicted octanol–water partition coefficient (Wildman–Crippen LogP) is 4.83. The molecule has 0 bridgehead atoms. The molecule has 1 aliphatic carbocycles. The summed E-state index contributed by atoms with van der Waals surface area (Å²) in [6.07, 6.45) is 5.74. The van der Waals surface area contributed by atoms with Crippen LogP contribution in [0.1, 0.15) is 31.7 Å². The lowest BCUT2D eigenvalue weighted by molar-refractivity contribution is 0.0815. The highest BCUT2D eigenvalue weighted by Gasteiger charge is 2.30. The number of aromatic nitrogens is 5.